The van der Waals surface area contributed by atoms with Crippen LogP contribution in [0.1, 0.15) is 45.1 Å². The minimum absolute atomic E-state index is 0.0899. The highest BCUT2D eigenvalue weighted by Gasteiger charge is 2.22. The van der Waals surface area contributed by atoms with E-state index in [-0.39, 0.29) is 18.4 Å². The summed E-state index contributed by atoms with van der Waals surface area (Å²) in [5.74, 6) is 1.08. The molecule has 1 N–H and O–H groups in total. The van der Waals surface area contributed by atoms with E-state index in [0.717, 1.165) is 12.1 Å². The van der Waals surface area contributed by atoms with Gasteiger partial charge in [-0.1, -0.05) is 44.5 Å². The number of nitrogens with one attached hydrogen (secondary N) is 1. The second-order valence-corrected chi connectivity index (χ2v) is 8.53. The Balaban J connectivity index is 1.60. The van der Waals surface area contributed by atoms with E-state index in [9.17, 15) is 9.59 Å². The third-order valence-electron chi connectivity index (χ3n) is 5.94. The lowest BCUT2D eigenvalue weighted by Gasteiger charge is -2.37. The Morgan fingerprint density at radius 2 is 1.75 bits per heavy atom. The van der Waals surface area contributed by atoms with Crippen LogP contribution in [0.15, 0.2) is 42.5 Å². The van der Waals surface area contributed by atoms with Crippen molar-refractivity contribution in [2.75, 3.05) is 43.0 Å². The maximum atomic E-state index is 12.6. The summed E-state index contributed by atoms with van der Waals surface area (Å²) in [6.45, 7) is 8.88. The highest BCUT2D eigenvalue weighted by atomic mass is 35.5. The Labute approximate surface area is 195 Å². The molecule has 0 saturated carbocycles. The van der Waals surface area contributed by atoms with Gasteiger partial charge in [-0.2, -0.15) is 0 Å². The van der Waals surface area contributed by atoms with Gasteiger partial charge in [-0.15, -0.1) is 0 Å². The molecule has 0 spiro atoms. The molecular formula is C25H32ClN3O3. The van der Waals surface area contributed by atoms with Crippen LogP contribution >= 0.6 is 11.6 Å². The van der Waals surface area contributed by atoms with E-state index >= 15 is 0 Å². The summed E-state index contributed by atoms with van der Waals surface area (Å²) in [5, 5.41) is 3.48. The van der Waals surface area contributed by atoms with Gasteiger partial charge in [0.05, 0.1) is 11.4 Å². The molecule has 1 unspecified atom stereocenters. The zero-order chi connectivity index (χ0) is 23.1. The van der Waals surface area contributed by atoms with Crippen LogP contribution in [-0.4, -0.2) is 49.5 Å². The molecule has 6 nitrogen and oxygen atoms in total. The van der Waals surface area contributed by atoms with Crippen LogP contribution in [0.4, 0.5) is 11.4 Å². The molecule has 1 heterocycles. The van der Waals surface area contributed by atoms with Crippen LogP contribution in [0.2, 0.25) is 5.02 Å². The average Bonchev–Trinajstić information content (AvgIpc) is 2.82. The SMILES string of the molecule is CCC(=O)N1CCN(c2ccc(Cl)cc2NC(=O)COc2ccc(C(C)CC)cc2)CC1. The minimum Gasteiger partial charge on any atom is -0.484 e. The first-order valence-electron chi connectivity index (χ1n) is 11.3. The molecule has 3 rings (SSSR count). The lowest BCUT2D eigenvalue weighted by atomic mass is 9.99. The minimum atomic E-state index is -0.251. The molecule has 1 fully saturated rings. The molecule has 0 aromatic heterocycles. The third kappa shape index (κ3) is 6.16. The van der Waals surface area contributed by atoms with Gasteiger partial charge >= 0.3 is 0 Å². The van der Waals surface area contributed by atoms with Crippen molar-refractivity contribution in [3.63, 3.8) is 0 Å². The molecule has 0 radical (unpaired) electrons. The fraction of sp³-hybridized carbons (Fsp3) is 0.440. The summed E-state index contributed by atoms with van der Waals surface area (Å²) in [4.78, 5) is 28.6. The van der Waals surface area contributed by atoms with Gasteiger partial charge in [0.2, 0.25) is 5.91 Å². The van der Waals surface area contributed by atoms with Crippen molar-refractivity contribution in [1.82, 2.24) is 4.90 Å². The van der Waals surface area contributed by atoms with Crippen molar-refractivity contribution in [3.8, 4) is 5.75 Å². The molecule has 1 atom stereocenters. The van der Waals surface area contributed by atoms with E-state index in [0.29, 0.717) is 55.0 Å². The molecule has 2 amide bonds. The van der Waals surface area contributed by atoms with Gasteiger partial charge < -0.3 is 19.9 Å². The maximum absolute atomic E-state index is 12.6. The van der Waals surface area contributed by atoms with Gasteiger partial charge in [0.25, 0.3) is 5.91 Å². The molecule has 0 bridgehead atoms. The maximum Gasteiger partial charge on any atom is 0.262 e. The highest BCUT2D eigenvalue weighted by molar-refractivity contribution is 6.31. The van der Waals surface area contributed by atoms with Gasteiger partial charge in [0, 0.05) is 37.6 Å². The topological polar surface area (TPSA) is 61.9 Å². The first-order valence-corrected chi connectivity index (χ1v) is 11.6. The number of carbonyl (C=O) groups is 2. The lowest BCUT2D eigenvalue weighted by molar-refractivity contribution is -0.131. The van der Waals surface area contributed by atoms with E-state index in [1.165, 1.54) is 5.56 Å². The standard InChI is InChI=1S/C25H32ClN3O3/c1-4-18(3)19-6-9-21(10-7-19)32-17-24(30)27-22-16-20(26)8-11-23(22)28-12-14-29(15-13-28)25(31)5-2/h6-11,16,18H,4-5,12-15,17H2,1-3H3,(H,27,30). The normalized spacial score (nSPS) is 14.8. The summed E-state index contributed by atoms with van der Waals surface area (Å²) in [6, 6.07) is 13.3. The first kappa shape index (κ1) is 23.9. The summed E-state index contributed by atoms with van der Waals surface area (Å²) in [6.07, 6.45) is 1.59. The van der Waals surface area contributed by atoms with Crippen molar-refractivity contribution in [2.45, 2.75) is 39.5 Å². The predicted octanol–water partition coefficient (Wildman–Crippen LogP) is 4.93. The molecule has 1 aliphatic rings. The van der Waals surface area contributed by atoms with Crippen LogP contribution in [0.3, 0.4) is 0 Å². The number of rotatable bonds is 8. The van der Waals surface area contributed by atoms with Crippen molar-refractivity contribution >= 4 is 34.8 Å². The second-order valence-electron chi connectivity index (χ2n) is 8.10. The quantitative estimate of drug-likeness (QED) is 0.610. The second kappa shape index (κ2) is 11.2. The summed E-state index contributed by atoms with van der Waals surface area (Å²) in [5.41, 5.74) is 2.80. The van der Waals surface area contributed by atoms with Gasteiger partial charge in [-0.05, 0) is 48.2 Å². The van der Waals surface area contributed by atoms with Gasteiger partial charge in [0.15, 0.2) is 6.61 Å². The zero-order valence-electron chi connectivity index (χ0n) is 19.1. The fourth-order valence-corrected chi connectivity index (χ4v) is 3.94. The molecule has 32 heavy (non-hydrogen) atoms. The summed E-state index contributed by atoms with van der Waals surface area (Å²) in [7, 11) is 0. The molecule has 1 saturated heterocycles. The van der Waals surface area contributed by atoms with E-state index in [4.69, 9.17) is 16.3 Å². The molecule has 0 aliphatic carbocycles. The average molecular weight is 458 g/mol. The number of piperazine rings is 1. The van der Waals surface area contributed by atoms with Crippen LogP contribution in [0.5, 0.6) is 5.75 Å². The van der Waals surface area contributed by atoms with Crippen LogP contribution < -0.4 is 15.0 Å². The molecule has 172 valence electrons. The van der Waals surface area contributed by atoms with Crippen LogP contribution in [-0.2, 0) is 9.59 Å². The third-order valence-corrected chi connectivity index (χ3v) is 6.17. The van der Waals surface area contributed by atoms with Crippen LogP contribution in [0, 0.1) is 0 Å². The lowest BCUT2D eigenvalue weighted by Crippen LogP contribution is -2.48. The van der Waals surface area contributed by atoms with Gasteiger partial charge in [-0.25, -0.2) is 0 Å². The largest absolute Gasteiger partial charge is 0.484 e. The number of hydrogen-bond acceptors (Lipinski definition) is 4. The molecule has 2 aromatic rings. The molecule has 7 heteroatoms. The van der Waals surface area contributed by atoms with Crippen molar-refractivity contribution in [1.29, 1.82) is 0 Å². The Hall–Kier alpha value is -2.73. The Bertz CT molecular complexity index is 925. The van der Waals surface area contributed by atoms with Gasteiger partial charge in [-0.3, -0.25) is 9.59 Å². The van der Waals surface area contributed by atoms with Gasteiger partial charge in [0.1, 0.15) is 5.75 Å². The molecule has 1 aliphatic heterocycles. The number of nitrogens with zero attached hydrogens (tertiary/aromatic N) is 2. The van der Waals surface area contributed by atoms with E-state index in [1.54, 1.807) is 6.07 Å². The van der Waals surface area contributed by atoms with Crippen molar-refractivity contribution in [3.05, 3.63) is 53.1 Å². The number of ether oxygens (including phenoxy) is 1. The van der Waals surface area contributed by atoms with E-state index < -0.39 is 0 Å². The number of benzene rings is 2. The number of carbonyl (C=O) groups excluding carboxylic acids is 2. The smallest absolute Gasteiger partial charge is 0.262 e. The first-order chi connectivity index (χ1) is 15.4. The Kier molecular flexibility index (Phi) is 8.39. The van der Waals surface area contributed by atoms with E-state index in [1.807, 2.05) is 48.2 Å². The zero-order valence-corrected chi connectivity index (χ0v) is 19.8. The summed E-state index contributed by atoms with van der Waals surface area (Å²) >= 11 is 6.19. The highest BCUT2D eigenvalue weighted by Crippen LogP contribution is 2.30. The number of hydrogen-bond donors (Lipinski definition) is 1. The monoisotopic (exact) mass is 457 g/mol. The number of amides is 2. The van der Waals surface area contributed by atoms with Crippen LogP contribution in [0.25, 0.3) is 0 Å². The fourth-order valence-electron chi connectivity index (χ4n) is 3.77. The Morgan fingerprint density at radius 1 is 1.06 bits per heavy atom. The number of halogens is 1. The van der Waals surface area contributed by atoms with E-state index in [2.05, 4.69) is 24.1 Å². The molecular weight excluding hydrogens is 426 g/mol. The summed E-state index contributed by atoms with van der Waals surface area (Å²) < 4.78 is 5.67. The Morgan fingerprint density at radius 3 is 2.38 bits per heavy atom. The molecule has 2 aromatic carbocycles. The number of anilines is 2. The van der Waals surface area contributed by atoms with Crippen molar-refractivity contribution < 1.29 is 14.3 Å². The van der Waals surface area contributed by atoms with Crippen molar-refractivity contribution in [2.24, 2.45) is 0 Å². The predicted molar refractivity (Wildman–Crippen MR) is 130 cm³/mol.